The highest BCUT2D eigenvalue weighted by Crippen LogP contribution is 2.37. The van der Waals surface area contributed by atoms with Crippen LogP contribution >= 0.6 is 11.6 Å². The molecule has 1 fully saturated rings. The molecule has 2 rings (SSSR count). The van der Waals surface area contributed by atoms with Crippen molar-refractivity contribution in [1.82, 2.24) is 5.32 Å². The number of benzene rings is 1. The lowest BCUT2D eigenvalue weighted by atomic mass is 9.92. The molecule has 1 saturated carbocycles. The molecule has 1 unspecified atom stereocenters. The van der Waals surface area contributed by atoms with Gasteiger partial charge in [0.25, 0.3) is 5.91 Å². The zero-order valence-corrected chi connectivity index (χ0v) is 12.2. The molecule has 1 aliphatic rings. The van der Waals surface area contributed by atoms with Crippen molar-refractivity contribution in [3.05, 3.63) is 38.9 Å². The summed E-state index contributed by atoms with van der Waals surface area (Å²) in [4.78, 5) is 22.6. The van der Waals surface area contributed by atoms with Crippen LogP contribution in [0.4, 0.5) is 5.69 Å². The minimum Gasteiger partial charge on any atom is -0.349 e. The topological polar surface area (TPSA) is 72.2 Å². The number of nitro benzene ring substituents is 1. The summed E-state index contributed by atoms with van der Waals surface area (Å²) >= 11 is 5.81. The van der Waals surface area contributed by atoms with Gasteiger partial charge >= 0.3 is 5.69 Å². The monoisotopic (exact) mass is 296 g/mol. The summed E-state index contributed by atoms with van der Waals surface area (Å²) in [5.41, 5.74) is -0.103. The van der Waals surface area contributed by atoms with E-state index in [9.17, 15) is 14.9 Å². The van der Waals surface area contributed by atoms with Gasteiger partial charge in [-0.3, -0.25) is 14.9 Å². The van der Waals surface area contributed by atoms with Crippen LogP contribution in [0.5, 0.6) is 0 Å². The van der Waals surface area contributed by atoms with Crippen molar-refractivity contribution in [1.29, 1.82) is 0 Å². The van der Waals surface area contributed by atoms with E-state index in [2.05, 4.69) is 19.2 Å². The molecule has 108 valence electrons. The fraction of sp³-hybridized carbons (Fsp3) is 0.500. The van der Waals surface area contributed by atoms with E-state index in [0.717, 1.165) is 19.3 Å². The molecule has 0 heterocycles. The summed E-state index contributed by atoms with van der Waals surface area (Å²) in [6, 6.07) is 4.45. The predicted molar refractivity (Wildman–Crippen MR) is 77.0 cm³/mol. The van der Waals surface area contributed by atoms with Gasteiger partial charge in [-0.15, -0.1) is 0 Å². The number of hydrogen-bond acceptors (Lipinski definition) is 3. The van der Waals surface area contributed by atoms with E-state index in [1.165, 1.54) is 12.1 Å². The number of hydrogen-bond donors (Lipinski definition) is 1. The van der Waals surface area contributed by atoms with Crippen LogP contribution in [0.25, 0.3) is 0 Å². The second-order valence-corrected chi connectivity index (χ2v) is 6.38. The van der Waals surface area contributed by atoms with Gasteiger partial charge in [-0.25, -0.2) is 0 Å². The highest BCUT2D eigenvalue weighted by Gasteiger charge is 2.33. The van der Waals surface area contributed by atoms with Crippen molar-refractivity contribution in [3.8, 4) is 0 Å². The minimum atomic E-state index is -0.615. The smallest absolute Gasteiger partial charge is 0.300 e. The molecule has 0 saturated heterocycles. The van der Waals surface area contributed by atoms with Crippen molar-refractivity contribution in [2.24, 2.45) is 5.41 Å². The number of halogens is 1. The molecule has 1 aromatic carbocycles. The first-order chi connectivity index (χ1) is 9.30. The van der Waals surface area contributed by atoms with Gasteiger partial charge in [-0.2, -0.15) is 0 Å². The third-order valence-electron chi connectivity index (χ3n) is 3.72. The first kappa shape index (κ1) is 14.8. The largest absolute Gasteiger partial charge is 0.349 e. The van der Waals surface area contributed by atoms with Crippen LogP contribution in [0.15, 0.2) is 18.2 Å². The first-order valence-electron chi connectivity index (χ1n) is 6.54. The van der Waals surface area contributed by atoms with E-state index in [4.69, 9.17) is 11.6 Å². The predicted octanol–water partition coefficient (Wildman–Crippen LogP) is 3.56. The van der Waals surface area contributed by atoms with Gasteiger partial charge in [0.05, 0.1) is 4.92 Å². The average Bonchev–Trinajstić information content (AvgIpc) is 2.67. The Labute approximate surface area is 122 Å². The number of amides is 1. The molecule has 0 aliphatic heterocycles. The fourth-order valence-electron chi connectivity index (χ4n) is 2.71. The molecule has 6 heteroatoms. The zero-order chi connectivity index (χ0) is 14.9. The van der Waals surface area contributed by atoms with Crippen LogP contribution in [0.3, 0.4) is 0 Å². The lowest BCUT2D eigenvalue weighted by molar-refractivity contribution is -0.385. The van der Waals surface area contributed by atoms with Gasteiger partial charge in [0.2, 0.25) is 0 Å². The molecule has 1 N–H and O–H groups in total. The second kappa shape index (κ2) is 5.40. The molecule has 1 amide bonds. The van der Waals surface area contributed by atoms with E-state index in [-0.39, 0.29) is 27.7 Å². The van der Waals surface area contributed by atoms with Gasteiger partial charge < -0.3 is 5.32 Å². The average molecular weight is 297 g/mol. The van der Waals surface area contributed by atoms with E-state index < -0.39 is 10.8 Å². The Morgan fingerprint density at radius 2 is 2.20 bits per heavy atom. The van der Waals surface area contributed by atoms with Crippen LogP contribution in [-0.2, 0) is 0 Å². The van der Waals surface area contributed by atoms with E-state index in [1.54, 1.807) is 6.07 Å². The molecule has 20 heavy (non-hydrogen) atoms. The van der Waals surface area contributed by atoms with E-state index >= 15 is 0 Å². The second-order valence-electron chi connectivity index (χ2n) is 5.97. The number of nitrogens with one attached hydrogen (secondary N) is 1. The van der Waals surface area contributed by atoms with Crippen LogP contribution in [0.1, 0.15) is 43.5 Å². The van der Waals surface area contributed by atoms with Crippen molar-refractivity contribution >= 4 is 23.2 Å². The van der Waals surface area contributed by atoms with Crippen molar-refractivity contribution in [2.45, 2.75) is 39.2 Å². The number of carbonyl (C=O) groups is 1. The Hall–Kier alpha value is -1.62. The van der Waals surface area contributed by atoms with Gasteiger partial charge in [0.1, 0.15) is 10.6 Å². The number of nitro groups is 1. The molecule has 0 spiro atoms. The Bertz CT molecular complexity index is 557. The van der Waals surface area contributed by atoms with Crippen LogP contribution in [0, 0.1) is 15.5 Å². The Morgan fingerprint density at radius 3 is 2.75 bits per heavy atom. The van der Waals surface area contributed by atoms with E-state index in [0.29, 0.717) is 0 Å². The van der Waals surface area contributed by atoms with Crippen LogP contribution in [-0.4, -0.2) is 16.9 Å². The van der Waals surface area contributed by atoms with Gasteiger partial charge in [0, 0.05) is 6.04 Å². The molecule has 0 aromatic heterocycles. The van der Waals surface area contributed by atoms with Gasteiger partial charge in [-0.05, 0) is 36.8 Å². The molecule has 1 aliphatic carbocycles. The fourth-order valence-corrected chi connectivity index (χ4v) is 2.95. The van der Waals surface area contributed by atoms with Crippen molar-refractivity contribution in [3.63, 3.8) is 0 Å². The zero-order valence-electron chi connectivity index (χ0n) is 11.5. The summed E-state index contributed by atoms with van der Waals surface area (Å²) in [6.45, 7) is 4.31. The normalized spacial score (nSPS) is 20.6. The quantitative estimate of drug-likeness (QED) is 0.684. The summed E-state index contributed by atoms with van der Waals surface area (Å²) in [5.74, 6) is -0.429. The summed E-state index contributed by atoms with van der Waals surface area (Å²) in [6.07, 6.45) is 2.82. The van der Waals surface area contributed by atoms with Crippen LogP contribution < -0.4 is 5.32 Å². The summed E-state index contributed by atoms with van der Waals surface area (Å²) in [7, 11) is 0. The minimum absolute atomic E-state index is 0.0191. The maximum atomic E-state index is 12.2. The third kappa shape index (κ3) is 3.10. The number of nitrogens with zero attached hydrogens (tertiary/aromatic N) is 1. The number of para-hydroxylation sites is 1. The van der Waals surface area contributed by atoms with Gasteiger partial charge in [-0.1, -0.05) is 31.5 Å². The highest BCUT2D eigenvalue weighted by molar-refractivity contribution is 6.33. The summed E-state index contributed by atoms with van der Waals surface area (Å²) < 4.78 is 0. The van der Waals surface area contributed by atoms with Crippen LogP contribution in [0.2, 0.25) is 5.02 Å². The molecular formula is C14H17ClN2O3. The Morgan fingerprint density at radius 1 is 1.50 bits per heavy atom. The Kier molecular flexibility index (Phi) is 3.99. The lowest BCUT2D eigenvalue weighted by Gasteiger charge is -2.17. The first-order valence-corrected chi connectivity index (χ1v) is 6.92. The SMILES string of the molecule is CC1(C)CCC(NC(=O)c2cccc(Cl)c2[N+](=O)[O-])C1. The molecule has 1 atom stereocenters. The van der Waals surface area contributed by atoms with Gasteiger partial charge in [0.15, 0.2) is 0 Å². The third-order valence-corrected chi connectivity index (χ3v) is 4.02. The molecule has 0 bridgehead atoms. The molecule has 0 radical (unpaired) electrons. The lowest BCUT2D eigenvalue weighted by Crippen LogP contribution is -2.33. The standard InChI is InChI=1S/C14H17ClN2O3/c1-14(2)7-6-9(8-14)16-13(18)10-4-3-5-11(15)12(10)17(19)20/h3-5,9H,6-8H2,1-2H3,(H,16,18). The van der Waals surface area contributed by atoms with E-state index in [1.807, 2.05) is 0 Å². The maximum absolute atomic E-state index is 12.2. The highest BCUT2D eigenvalue weighted by atomic mass is 35.5. The number of rotatable bonds is 3. The number of carbonyl (C=O) groups excluding carboxylic acids is 1. The molecule has 5 nitrogen and oxygen atoms in total. The maximum Gasteiger partial charge on any atom is 0.300 e. The summed E-state index contributed by atoms with van der Waals surface area (Å²) in [5, 5.41) is 13.9. The molecular weight excluding hydrogens is 280 g/mol. The Balaban J connectivity index is 2.18. The van der Waals surface area contributed by atoms with Crippen molar-refractivity contribution < 1.29 is 9.72 Å². The molecule has 1 aromatic rings. The van der Waals surface area contributed by atoms with Crippen molar-refractivity contribution in [2.75, 3.05) is 0 Å².